The van der Waals surface area contributed by atoms with Gasteiger partial charge in [-0.05, 0) is 26.7 Å². The van der Waals surface area contributed by atoms with Gasteiger partial charge in [-0.1, -0.05) is 0 Å². The van der Waals surface area contributed by atoms with Crippen molar-refractivity contribution in [1.29, 1.82) is 0 Å². The minimum absolute atomic E-state index is 0.0525. The van der Waals surface area contributed by atoms with Crippen LogP contribution in [0.25, 0.3) is 0 Å². The van der Waals surface area contributed by atoms with Crippen LogP contribution in [0, 0.1) is 0 Å². The first-order chi connectivity index (χ1) is 7.80. The SMILES string of the molecule is CC(C)n1nc(C(F)(F)F)c2c1CCC(O)C2. The van der Waals surface area contributed by atoms with Gasteiger partial charge in [-0.25, -0.2) is 0 Å². The molecular weight excluding hydrogens is 233 g/mol. The molecule has 0 fully saturated rings. The predicted octanol–water partition coefficient (Wildman–Crippen LogP) is 2.33. The van der Waals surface area contributed by atoms with Gasteiger partial charge in [0, 0.05) is 23.7 Å². The maximum atomic E-state index is 12.8. The Morgan fingerprint density at radius 1 is 1.41 bits per heavy atom. The molecule has 2 rings (SSSR count). The predicted molar refractivity (Wildman–Crippen MR) is 55.6 cm³/mol. The van der Waals surface area contributed by atoms with Crippen LogP contribution in [-0.4, -0.2) is 21.0 Å². The molecule has 1 heterocycles. The van der Waals surface area contributed by atoms with Crippen LogP contribution in [0.3, 0.4) is 0 Å². The van der Waals surface area contributed by atoms with Crippen molar-refractivity contribution in [3.63, 3.8) is 0 Å². The molecule has 0 saturated carbocycles. The second-order valence-corrected chi connectivity index (χ2v) is 4.71. The molecule has 1 atom stereocenters. The number of aliphatic hydroxyl groups excluding tert-OH is 1. The van der Waals surface area contributed by atoms with Crippen molar-refractivity contribution >= 4 is 0 Å². The first-order valence-corrected chi connectivity index (χ1v) is 5.66. The zero-order valence-electron chi connectivity index (χ0n) is 9.75. The van der Waals surface area contributed by atoms with Crippen LogP contribution >= 0.6 is 0 Å². The summed E-state index contributed by atoms with van der Waals surface area (Å²) in [4.78, 5) is 0. The summed E-state index contributed by atoms with van der Waals surface area (Å²) in [7, 11) is 0. The van der Waals surface area contributed by atoms with Gasteiger partial charge >= 0.3 is 6.18 Å². The fourth-order valence-corrected chi connectivity index (χ4v) is 2.28. The van der Waals surface area contributed by atoms with Crippen molar-refractivity contribution in [2.45, 2.75) is 51.4 Å². The Labute approximate surface area is 97.2 Å². The zero-order chi connectivity index (χ0) is 12.8. The number of aromatic nitrogens is 2. The lowest BCUT2D eigenvalue weighted by Crippen LogP contribution is -2.22. The molecule has 0 spiro atoms. The third-order valence-electron chi connectivity index (χ3n) is 3.03. The molecule has 96 valence electrons. The fourth-order valence-electron chi connectivity index (χ4n) is 2.28. The topological polar surface area (TPSA) is 38.0 Å². The van der Waals surface area contributed by atoms with Crippen LogP contribution in [-0.2, 0) is 19.0 Å². The van der Waals surface area contributed by atoms with Gasteiger partial charge in [0.15, 0.2) is 5.69 Å². The maximum Gasteiger partial charge on any atom is 0.435 e. The minimum atomic E-state index is -4.44. The van der Waals surface area contributed by atoms with E-state index in [2.05, 4.69) is 5.10 Å². The van der Waals surface area contributed by atoms with Gasteiger partial charge in [0.2, 0.25) is 0 Å². The third-order valence-corrected chi connectivity index (χ3v) is 3.03. The summed E-state index contributed by atoms with van der Waals surface area (Å²) in [5.41, 5.74) is -0.0393. The van der Waals surface area contributed by atoms with Gasteiger partial charge in [-0.15, -0.1) is 0 Å². The molecule has 17 heavy (non-hydrogen) atoms. The van der Waals surface area contributed by atoms with Crippen molar-refractivity contribution in [2.75, 3.05) is 0 Å². The van der Waals surface area contributed by atoms with E-state index in [0.29, 0.717) is 18.5 Å². The van der Waals surface area contributed by atoms with Gasteiger partial charge in [0.1, 0.15) is 0 Å². The van der Waals surface area contributed by atoms with Crippen molar-refractivity contribution in [2.24, 2.45) is 0 Å². The van der Waals surface area contributed by atoms with Gasteiger partial charge in [-0.2, -0.15) is 18.3 Å². The zero-order valence-corrected chi connectivity index (χ0v) is 9.75. The average molecular weight is 248 g/mol. The number of halogens is 3. The number of nitrogens with zero attached hydrogens (tertiary/aromatic N) is 2. The first-order valence-electron chi connectivity index (χ1n) is 5.66. The first kappa shape index (κ1) is 12.4. The van der Waals surface area contributed by atoms with Crippen LogP contribution in [0.4, 0.5) is 13.2 Å². The molecule has 1 aliphatic rings. The number of aliphatic hydroxyl groups is 1. The highest BCUT2D eigenvalue weighted by atomic mass is 19.4. The quantitative estimate of drug-likeness (QED) is 0.828. The second kappa shape index (κ2) is 4.01. The van der Waals surface area contributed by atoms with Crippen LogP contribution in [0.1, 0.15) is 43.3 Å². The van der Waals surface area contributed by atoms with Crippen LogP contribution in [0.2, 0.25) is 0 Å². The van der Waals surface area contributed by atoms with Crippen molar-refractivity contribution in [3.05, 3.63) is 17.0 Å². The highest BCUT2D eigenvalue weighted by Gasteiger charge is 2.40. The molecule has 0 bridgehead atoms. The van der Waals surface area contributed by atoms with E-state index in [-0.39, 0.29) is 18.0 Å². The monoisotopic (exact) mass is 248 g/mol. The third kappa shape index (κ3) is 2.18. The normalized spacial score (nSPS) is 20.8. The van der Waals surface area contributed by atoms with Crippen molar-refractivity contribution < 1.29 is 18.3 Å². The highest BCUT2D eigenvalue weighted by molar-refractivity contribution is 5.32. The summed E-state index contributed by atoms with van der Waals surface area (Å²) in [6.45, 7) is 3.61. The molecule has 6 heteroatoms. The molecule has 1 unspecified atom stereocenters. The largest absolute Gasteiger partial charge is 0.435 e. The average Bonchev–Trinajstić information content (AvgIpc) is 2.55. The lowest BCUT2D eigenvalue weighted by Gasteiger charge is -2.20. The molecule has 0 aliphatic heterocycles. The number of fused-ring (bicyclic) bond motifs is 1. The molecule has 0 aromatic carbocycles. The van der Waals surface area contributed by atoms with Gasteiger partial charge < -0.3 is 5.11 Å². The lowest BCUT2D eigenvalue weighted by molar-refractivity contribution is -0.142. The molecule has 0 radical (unpaired) electrons. The summed E-state index contributed by atoms with van der Waals surface area (Å²) in [5, 5.41) is 13.2. The van der Waals surface area contributed by atoms with E-state index in [1.807, 2.05) is 0 Å². The second-order valence-electron chi connectivity index (χ2n) is 4.71. The molecular formula is C11H15F3N2O. The Kier molecular flexibility index (Phi) is 2.93. The van der Waals surface area contributed by atoms with E-state index in [1.54, 1.807) is 13.8 Å². The number of hydrogen-bond acceptors (Lipinski definition) is 2. The summed E-state index contributed by atoms with van der Waals surface area (Å²) in [5.74, 6) is 0. The molecule has 1 aromatic heterocycles. The Morgan fingerprint density at radius 2 is 2.06 bits per heavy atom. The maximum absolute atomic E-state index is 12.8. The van der Waals surface area contributed by atoms with Crippen LogP contribution < -0.4 is 0 Å². The van der Waals surface area contributed by atoms with Crippen LogP contribution in [0.5, 0.6) is 0 Å². The smallest absolute Gasteiger partial charge is 0.393 e. The van der Waals surface area contributed by atoms with E-state index in [0.717, 1.165) is 0 Å². The van der Waals surface area contributed by atoms with Crippen LogP contribution in [0.15, 0.2) is 0 Å². The van der Waals surface area contributed by atoms with E-state index in [1.165, 1.54) is 4.68 Å². The summed E-state index contributed by atoms with van der Waals surface area (Å²) < 4.78 is 39.9. The minimum Gasteiger partial charge on any atom is -0.393 e. The van der Waals surface area contributed by atoms with E-state index < -0.39 is 18.0 Å². The molecule has 1 N–H and O–H groups in total. The standard InChI is InChI=1S/C11H15F3N2O/c1-6(2)16-9-4-3-7(17)5-8(9)10(15-16)11(12,13)14/h6-7,17H,3-5H2,1-2H3. The Bertz CT molecular complexity index is 423. The van der Waals surface area contributed by atoms with E-state index in [4.69, 9.17) is 0 Å². The molecule has 0 amide bonds. The molecule has 0 saturated heterocycles. The lowest BCUT2D eigenvalue weighted by atomic mass is 9.93. The number of hydrogen-bond donors (Lipinski definition) is 1. The Hall–Kier alpha value is -1.04. The van der Waals surface area contributed by atoms with Gasteiger partial charge in [0.25, 0.3) is 0 Å². The van der Waals surface area contributed by atoms with Crippen molar-refractivity contribution in [3.8, 4) is 0 Å². The number of rotatable bonds is 1. The summed E-state index contributed by atoms with van der Waals surface area (Å²) >= 11 is 0. The van der Waals surface area contributed by atoms with Gasteiger partial charge in [-0.3, -0.25) is 4.68 Å². The molecule has 3 nitrogen and oxygen atoms in total. The number of alkyl halides is 3. The fraction of sp³-hybridized carbons (Fsp3) is 0.727. The van der Waals surface area contributed by atoms with E-state index >= 15 is 0 Å². The summed E-state index contributed by atoms with van der Waals surface area (Å²) in [6.07, 6.45) is -4.12. The molecule has 1 aromatic rings. The van der Waals surface area contributed by atoms with Crippen molar-refractivity contribution in [1.82, 2.24) is 9.78 Å². The Balaban J connectivity index is 2.54. The summed E-state index contributed by atoms with van der Waals surface area (Å²) in [6, 6.07) is -0.102. The Morgan fingerprint density at radius 3 is 2.59 bits per heavy atom. The highest BCUT2D eigenvalue weighted by Crippen LogP contribution is 2.36. The molecule has 1 aliphatic carbocycles. The van der Waals surface area contributed by atoms with Gasteiger partial charge in [0.05, 0.1) is 6.10 Å². The van der Waals surface area contributed by atoms with E-state index in [9.17, 15) is 18.3 Å².